The molecule has 0 saturated heterocycles. The molecule has 0 spiro atoms. The molecule has 3 rings (SSSR count). The number of rotatable bonds is 7. The van der Waals surface area contributed by atoms with Gasteiger partial charge in [-0.15, -0.1) is 0 Å². The number of nitrogens with zero attached hydrogens (tertiary/aromatic N) is 1. The Balaban J connectivity index is 1.91. The van der Waals surface area contributed by atoms with E-state index in [4.69, 9.17) is 5.73 Å². The Hall–Kier alpha value is -2.22. The van der Waals surface area contributed by atoms with Gasteiger partial charge in [0.25, 0.3) is 0 Å². The van der Waals surface area contributed by atoms with Gasteiger partial charge in [0.2, 0.25) is 15.9 Å². The molecule has 1 heterocycles. The predicted octanol–water partition coefficient (Wildman–Crippen LogP) is 2.50. The van der Waals surface area contributed by atoms with Crippen LogP contribution in [-0.2, 0) is 27.8 Å². The Morgan fingerprint density at radius 1 is 1.07 bits per heavy atom. The first kappa shape index (κ1) is 19.5. The van der Waals surface area contributed by atoms with Gasteiger partial charge in [0.1, 0.15) is 0 Å². The number of anilines is 1. The maximum Gasteiger partial charge on any atom is 0.243 e. The molecule has 1 amide bonds. The Kier molecular flexibility index (Phi) is 6.26. The van der Waals surface area contributed by atoms with E-state index in [1.165, 1.54) is 4.31 Å². The summed E-state index contributed by atoms with van der Waals surface area (Å²) in [4.78, 5) is 12.0. The number of nitrogens with two attached hydrogens (primary N) is 1. The summed E-state index contributed by atoms with van der Waals surface area (Å²) in [6.07, 6.45) is 2.43. The summed E-state index contributed by atoms with van der Waals surface area (Å²) >= 11 is 0. The van der Waals surface area contributed by atoms with Crippen molar-refractivity contribution in [1.82, 2.24) is 4.31 Å². The average Bonchev–Trinajstić information content (AvgIpc) is 2.85. The lowest BCUT2D eigenvalue weighted by Gasteiger charge is -2.23. The van der Waals surface area contributed by atoms with Crippen LogP contribution in [0.15, 0.2) is 53.4 Å². The molecule has 0 atom stereocenters. The number of hydrogen-bond acceptors (Lipinski definition) is 4. The zero-order chi connectivity index (χ0) is 19.3. The van der Waals surface area contributed by atoms with Crippen LogP contribution < -0.4 is 11.1 Å². The molecule has 0 aromatic heterocycles. The number of aryl methyl sites for hydroxylation is 1. The van der Waals surface area contributed by atoms with Crippen LogP contribution in [-0.4, -0.2) is 31.7 Å². The molecule has 0 bridgehead atoms. The van der Waals surface area contributed by atoms with Gasteiger partial charge in [-0.05, 0) is 55.1 Å². The van der Waals surface area contributed by atoms with Crippen LogP contribution >= 0.6 is 0 Å². The Morgan fingerprint density at radius 3 is 2.59 bits per heavy atom. The molecule has 0 fully saturated rings. The van der Waals surface area contributed by atoms with E-state index in [-0.39, 0.29) is 10.8 Å². The van der Waals surface area contributed by atoms with Crippen LogP contribution in [0.2, 0.25) is 0 Å². The molecule has 6 nitrogen and oxygen atoms in total. The van der Waals surface area contributed by atoms with Gasteiger partial charge in [-0.2, -0.15) is 4.31 Å². The van der Waals surface area contributed by atoms with E-state index >= 15 is 0 Å². The van der Waals surface area contributed by atoms with E-state index in [9.17, 15) is 13.2 Å². The van der Waals surface area contributed by atoms with Crippen LogP contribution in [0, 0.1) is 0 Å². The maximum absolute atomic E-state index is 13.3. The van der Waals surface area contributed by atoms with Crippen molar-refractivity contribution in [1.29, 1.82) is 0 Å². The molecule has 0 aliphatic carbocycles. The van der Waals surface area contributed by atoms with Gasteiger partial charge in [-0.3, -0.25) is 4.79 Å². The first-order chi connectivity index (χ1) is 13.0. The van der Waals surface area contributed by atoms with Crippen LogP contribution in [0.1, 0.15) is 30.4 Å². The van der Waals surface area contributed by atoms with Crippen LogP contribution in [0.4, 0.5) is 5.69 Å². The third-order valence-corrected chi connectivity index (χ3v) is 6.49. The van der Waals surface area contributed by atoms with Crippen molar-refractivity contribution in [3.8, 4) is 0 Å². The molecule has 27 heavy (non-hydrogen) atoms. The summed E-state index contributed by atoms with van der Waals surface area (Å²) in [6, 6.07) is 14.5. The largest absolute Gasteiger partial charge is 0.330 e. The molecular weight excluding hydrogens is 362 g/mol. The van der Waals surface area contributed by atoms with Crippen molar-refractivity contribution < 1.29 is 13.2 Å². The molecule has 144 valence electrons. The average molecular weight is 388 g/mol. The number of sulfonamides is 1. The minimum absolute atomic E-state index is 0.0296. The number of fused-ring (bicyclic) bond motifs is 1. The second kappa shape index (κ2) is 8.65. The monoisotopic (exact) mass is 387 g/mol. The minimum atomic E-state index is -3.67. The van der Waals surface area contributed by atoms with Gasteiger partial charge in [0, 0.05) is 25.2 Å². The highest BCUT2D eigenvalue weighted by atomic mass is 32.2. The highest BCUT2D eigenvalue weighted by Crippen LogP contribution is 2.27. The molecule has 0 unspecified atom stereocenters. The maximum atomic E-state index is 13.3. The molecule has 7 heteroatoms. The quantitative estimate of drug-likeness (QED) is 0.763. The van der Waals surface area contributed by atoms with E-state index in [0.717, 1.165) is 11.1 Å². The third kappa shape index (κ3) is 4.74. The summed E-state index contributed by atoms with van der Waals surface area (Å²) in [5.74, 6) is -0.0296. The Morgan fingerprint density at radius 2 is 1.85 bits per heavy atom. The highest BCUT2D eigenvalue weighted by Gasteiger charge is 2.26. The topological polar surface area (TPSA) is 92.5 Å². The van der Waals surface area contributed by atoms with Crippen LogP contribution in [0.5, 0.6) is 0 Å². The lowest BCUT2D eigenvalue weighted by molar-refractivity contribution is -0.116. The van der Waals surface area contributed by atoms with E-state index < -0.39 is 10.0 Å². The normalized spacial score (nSPS) is 14.5. The fourth-order valence-electron chi connectivity index (χ4n) is 3.20. The SMILES string of the molecule is NCCCN(Cc1ccccc1)S(=O)(=O)c1ccc2c(c1)CCCC(=O)N2. The first-order valence-electron chi connectivity index (χ1n) is 9.17. The van der Waals surface area contributed by atoms with E-state index in [2.05, 4.69) is 5.32 Å². The number of carbonyl (C=O) groups is 1. The van der Waals surface area contributed by atoms with Crippen molar-refractivity contribution in [3.63, 3.8) is 0 Å². The molecule has 2 aromatic carbocycles. The van der Waals surface area contributed by atoms with E-state index in [0.29, 0.717) is 51.0 Å². The standard InChI is InChI=1S/C20H25N3O3S/c21-12-5-13-23(15-16-6-2-1-3-7-16)27(25,26)18-10-11-19-17(14-18)8-4-9-20(24)22-19/h1-3,6-7,10-11,14H,4-5,8-9,12-13,15,21H2,(H,22,24). The summed E-state index contributed by atoms with van der Waals surface area (Å²) in [7, 11) is -3.67. The van der Waals surface area contributed by atoms with Gasteiger partial charge in [0.05, 0.1) is 4.90 Å². The predicted molar refractivity (Wildman–Crippen MR) is 106 cm³/mol. The second-order valence-corrected chi connectivity index (χ2v) is 8.63. The van der Waals surface area contributed by atoms with E-state index in [1.54, 1.807) is 18.2 Å². The van der Waals surface area contributed by atoms with Gasteiger partial charge in [-0.25, -0.2) is 8.42 Å². The zero-order valence-electron chi connectivity index (χ0n) is 15.2. The number of hydrogen-bond donors (Lipinski definition) is 2. The smallest absolute Gasteiger partial charge is 0.243 e. The lowest BCUT2D eigenvalue weighted by Crippen LogP contribution is -2.32. The number of nitrogens with one attached hydrogen (secondary N) is 1. The Labute approximate surface area is 160 Å². The molecule has 2 aromatic rings. The zero-order valence-corrected chi connectivity index (χ0v) is 16.0. The molecule has 0 saturated carbocycles. The van der Waals surface area contributed by atoms with Gasteiger partial charge in [-0.1, -0.05) is 30.3 Å². The summed E-state index contributed by atoms with van der Waals surface area (Å²) < 4.78 is 28.0. The molecule has 0 radical (unpaired) electrons. The summed E-state index contributed by atoms with van der Waals surface area (Å²) in [5.41, 5.74) is 8.11. The van der Waals surface area contributed by atoms with Crippen LogP contribution in [0.25, 0.3) is 0 Å². The Bertz CT molecular complexity index is 898. The van der Waals surface area contributed by atoms with Crippen molar-refractivity contribution in [2.24, 2.45) is 5.73 Å². The molecule has 1 aliphatic rings. The van der Waals surface area contributed by atoms with Crippen molar-refractivity contribution in [3.05, 3.63) is 59.7 Å². The first-order valence-corrected chi connectivity index (χ1v) is 10.6. The second-order valence-electron chi connectivity index (χ2n) is 6.69. The molecular formula is C20H25N3O3S. The number of carbonyl (C=O) groups excluding carboxylic acids is 1. The fraction of sp³-hybridized carbons (Fsp3) is 0.350. The van der Waals surface area contributed by atoms with E-state index in [1.807, 2.05) is 30.3 Å². The fourth-order valence-corrected chi connectivity index (χ4v) is 4.72. The van der Waals surface area contributed by atoms with Crippen molar-refractivity contribution in [2.45, 2.75) is 37.1 Å². The van der Waals surface area contributed by atoms with Crippen LogP contribution in [0.3, 0.4) is 0 Å². The third-order valence-electron chi connectivity index (χ3n) is 4.65. The van der Waals surface area contributed by atoms with Gasteiger partial charge >= 0.3 is 0 Å². The van der Waals surface area contributed by atoms with Gasteiger partial charge in [0.15, 0.2) is 0 Å². The summed E-state index contributed by atoms with van der Waals surface area (Å²) in [6.45, 7) is 1.09. The molecule has 3 N–H and O–H groups in total. The van der Waals surface area contributed by atoms with Gasteiger partial charge < -0.3 is 11.1 Å². The molecule has 1 aliphatic heterocycles. The number of amides is 1. The lowest BCUT2D eigenvalue weighted by atomic mass is 10.1. The summed E-state index contributed by atoms with van der Waals surface area (Å²) in [5, 5.41) is 2.84. The van der Waals surface area contributed by atoms with Crippen molar-refractivity contribution >= 4 is 21.6 Å². The number of benzene rings is 2. The highest BCUT2D eigenvalue weighted by molar-refractivity contribution is 7.89. The minimum Gasteiger partial charge on any atom is -0.330 e. The van der Waals surface area contributed by atoms with Crippen molar-refractivity contribution in [2.75, 3.05) is 18.4 Å².